The van der Waals surface area contributed by atoms with Gasteiger partial charge in [-0.25, -0.2) is 4.98 Å². The number of nitrogens with zero attached hydrogens (tertiary/aromatic N) is 3. The van der Waals surface area contributed by atoms with E-state index in [0.717, 1.165) is 31.9 Å². The third kappa shape index (κ3) is 3.80. The molecule has 1 aliphatic heterocycles. The van der Waals surface area contributed by atoms with Gasteiger partial charge in [0.1, 0.15) is 5.69 Å². The van der Waals surface area contributed by atoms with Crippen LogP contribution in [0.1, 0.15) is 10.5 Å². The van der Waals surface area contributed by atoms with Gasteiger partial charge in [0.25, 0.3) is 5.91 Å². The first-order valence-corrected chi connectivity index (χ1v) is 8.45. The van der Waals surface area contributed by atoms with Crippen molar-refractivity contribution in [1.82, 2.24) is 9.88 Å². The smallest absolute Gasteiger partial charge is 0.274 e. The normalized spacial score (nSPS) is 15.4. The van der Waals surface area contributed by atoms with Crippen molar-refractivity contribution in [1.29, 1.82) is 0 Å². The number of likely N-dealkylation sites (N-methyl/N-ethyl adjacent to an activating group) is 1. The summed E-state index contributed by atoms with van der Waals surface area (Å²) in [5.41, 5.74) is 1.84. The number of carbonyl (C=O) groups excluding carboxylic acids is 1. The lowest BCUT2D eigenvalue weighted by Crippen LogP contribution is -2.44. The van der Waals surface area contributed by atoms with Gasteiger partial charge < -0.3 is 15.1 Å². The molecule has 1 aromatic heterocycles. The number of pyridine rings is 1. The highest BCUT2D eigenvalue weighted by Crippen LogP contribution is 2.29. The average molecular weight is 365 g/mol. The summed E-state index contributed by atoms with van der Waals surface area (Å²) >= 11 is 12.0. The van der Waals surface area contributed by atoms with Gasteiger partial charge in [-0.15, -0.1) is 0 Å². The van der Waals surface area contributed by atoms with Crippen LogP contribution in [0.2, 0.25) is 10.0 Å². The molecule has 1 N–H and O–H groups in total. The van der Waals surface area contributed by atoms with Gasteiger partial charge in [0.2, 0.25) is 0 Å². The molecule has 3 rings (SSSR count). The van der Waals surface area contributed by atoms with Gasteiger partial charge >= 0.3 is 0 Å². The number of hydrogen-bond acceptors (Lipinski definition) is 4. The van der Waals surface area contributed by atoms with Gasteiger partial charge in [-0.3, -0.25) is 4.79 Å². The van der Waals surface area contributed by atoms with Gasteiger partial charge in [0.15, 0.2) is 0 Å². The van der Waals surface area contributed by atoms with E-state index in [2.05, 4.69) is 27.1 Å². The van der Waals surface area contributed by atoms with Crippen LogP contribution in [0.25, 0.3) is 0 Å². The molecule has 2 heterocycles. The minimum absolute atomic E-state index is 0.316. The van der Waals surface area contributed by atoms with Crippen LogP contribution >= 0.6 is 23.2 Å². The molecule has 0 unspecified atom stereocenters. The van der Waals surface area contributed by atoms with Crippen LogP contribution in [0, 0.1) is 0 Å². The van der Waals surface area contributed by atoms with Crippen LogP contribution in [0.3, 0.4) is 0 Å². The van der Waals surface area contributed by atoms with Crippen LogP contribution in [0.15, 0.2) is 36.5 Å². The zero-order valence-electron chi connectivity index (χ0n) is 13.3. The van der Waals surface area contributed by atoms with E-state index in [1.54, 1.807) is 30.5 Å². The fourth-order valence-electron chi connectivity index (χ4n) is 2.56. The van der Waals surface area contributed by atoms with E-state index in [1.165, 1.54) is 0 Å². The Labute approximate surface area is 151 Å². The summed E-state index contributed by atoms with van der Waals surface area (Å²) in [6.07, 6.45) is 1.74. The molecular weight excluding hydrogens is 347 g/mol. The van der Waals surface area contributed by atoms with Crippen LogP contribution in [-0.2, 0) is 0 Å². The van der Waals surface area contributed by atoms with E-state index < -0.39 is 0 Å². The maximum atomic E-state index is 12.3. The largest absolute Gasteiger partial charge is 0.368 e. The number of aromatic nitrogens is 1. The molecule has 126 valence electrons. The zero-order chi connectivity index (χ0) is 17.1. The summed E-state index contributed by atoms with van der Waals surface area (Å²) in [5, 5.41) is 3.45. The van der Waals surface area contributed by atoms with Crippen molar-refractivity contribution in [3.05, 3.63) is 52.3 Å². The number of benzene rings is 1. The molecule has 5 nitrogen and oxygen atoms in total. The van der Waals surface area contributed by atoms with Crippen molar-refractivity contribution in [2.75, 3.05) is 43.4 Å². The molecule has 0 aliphatic carbocycles. The molecule has 7 heteroatoms. The van der Waals surface area contributed by atoms with Crippen LogP contribution < -0.4 is 10.2 Å². The molecule has 0 bridgehead atoms. The summed E-state index contributed by atoms with van der Waals surface area (Å²) < 4.78 is 0. The highest BCUT2D eigenvalue weighted by Gasteiger charge is 2.16. The number of hydrogen-bond donors (Lipinski definition) is 1. The molecule has 2 aromatic rings. The van der Waals surface area contributed by atoms with Crippen LogP contribution in [0.5, 0.6) is 0 Å². The van der Waals surface area contributed by atoms with Crippen molar-refractivity contribution in [3.8, 4) is 0 Å². The number of piperazine rings is 1. The first-order valence-electron chi connectivity index (χ1n) is 7.69. The first kappa shape index (κ1) is 17.0. The van der Waals surface area contributed by atoms with E-state index in [1.807, 2.05) is 6.07 Å². The highest BCUT2D eigenvalue weighted by atomic mass is 35.5. The summed E-state index contributed by atoms with van der Waals surface area (Å²) in [4.78, 5) is 21.1. The standard InChI is InChI=1S/C17H18Cl2N4O/c1-22-7-9-23(10-8-22)12-5-6-15(20-11-12)17(24)21-14-4-2-3-13(18)16(14)19/h2-6,11H,7-10H2,1H3,(H,21,24). The van der Waals surface area contributed by atoms with Crippen molar-refractivity contribution < 1.29 is 4.79 Å². The molecule has 0 radical (unpaired) electrons. The van der Waals surface area contributed by atoms with Crippen molar-refractivity contribution in [3.63, 3.8) is 0 Å². The highest BCUT2D eigenvalue weighted by molar-refractivity contribution is 6.44. The molecular formula is C17H18Cl2N4O. The van der Waals surface area contributed by atoms with Gasteiger partial charge in [-0.2, -0.15) is 0 Å². The Balaban J connectivity index is 1.69. The fraction of sp³-hybridized carbons (Fsp3) is 0.294. The van der Waals surface area contributed by atoms with Gasteiger partial charge in [0.05, 0.1) is 27.6 Å². The fourth-order valence-corrected chi connectivity index (χ4v) is 2.91. The second-order valence-corrected chi connectivity index (χ2v) is 6.53. The number of rotatable bonds is 3. The Morgan fingerprint density at radius 3 is 2.54 bits per heavy atom. The third-order valence-corrected chi connectivity index (χ3v) is 4.87. The van der Waals surface area contributed by atoms with Gasteiger partial charge in [0, 0.05) is 26.2 Å². The molecule has 1 aromatic carbocycles. The van der Waals surface area contributed by atoms with Crippen molar-refractivity contribution >= 4 is 40.5 Å². The average Bonchev–Trinajstić information content (AvgIpc) is 2.60. The molecule has 24 heavy (non-hydrogen) atoms. The van der Waals surface area contributed by atoms with E-state index in [9.17, 15) is 4.79 Å². The zero-order valence-corrected chi connectivity index (χ0v) is 14.8. The van der Waals surface area contributed by atoms with Crippen LogP contribution in [0.4, 0.5) is 11.4 Å². The Bertz CT molecular complexity index is 728. The second-order valence-electron chi connectivity index (χ2n) is 5.75. The Hall–Kier alpha value is -1.82. The summed E-state index contributed by atoms with van der Waals surface area (Å²) in [6.45, 7) is 3.97. The lowest BCUT2D eigenvalue weighted by Gasteiger charge is -2.33. The molecule has 1 fully saturated rings. The maximum absolute atomic E-state index is 12.3. The molecule has 1 aliphatic rings. The quantitative estimate of drug-likeness (QED) is 0.906. The van der Waals surface area contributed by atoms with Crippen molar-refractivity contribution in [2.24, 2.45) is 0 Å². The minimum atomic E-state index is -0.316. The predicted molar refractivity (Wildman–Crippen MR) is 98.4 cm³/mol. The van der Waals surface area contributed by atoms with E-state index in [-0.39, 0.29) is 5.91 Å². The third-order valence-electron chi connectivity index (χ3n) is 4.05. The predicted octanol–water partition coefficient (Wildman–Crippen LogP) is 3.39. The Morgan fingerprint density at radius 1 is 1.12 bits per heavy atom. The lowest BCUT2D eigenvalue weighted by atomic mass is 10.2. The number of carbonyl (C=O) groups is 1. The van der Waals surface area contributed by atoms with Crippen molar-refractivity contribution in [2.45, 2.75) is 0 Å². The molecule has 1 saturated heterocycles. The van der Waals surface area contributed by atoms with Gasteiger partial charge in [-0.05, 0) is 31.3 Å². The molecule has 0 spiro atoms. The van der Waals surface area contributed by atoms with E-state index >= 15 is 0 Å². The maximum Gasteiger partial charge on any atom is 0.274 e. The summed E-state index contributed by atoms with van der Waals surface area (Å²) in [6, 6.07) is 8.75. The van der Waals surface area contributed by atoms with Gasteiger partial charge in [-0.1, -0.05) is 29.3 Å². The minimum Gasteiger partial charge on any atom is -0.368 e. The monoisotopic (exact) mass is 364 g/mol. The molecule has 1 amide bonds. The number of halogens is 2. The van der Waals surface area contributed by atoms with Crippen LogP contribution in [-0.4, -0.2) is 49.0 Å². The van der Waals surface area contributed by atoms with E-state index in [0.29, 0.717) is 21.4 Å². The molecule has 0 saturated carbocycles. The molecule has 0 atom stereocenters. The number of nitrogens with one attached hydrogen (secondary N) is 1. The Kier molecular flexibility index (Phi) is 5.23. The summed E-state index contributed by atoms with van der Waals surface area (Å²) in [5.74, 6) is -0.316. The van der Waals surface area contributed by atoms with E-state index in [4.69, 9.17) is 23.2 Å². The lowest BCUT2D eigenvalue weighted by molar-refractivity contribution is 0.102. The SMILES string of the molecule is CN1CCN(c2ccc(C(=O)Nc3cccc(Cl)c3Cl)nc2)CC1. The topological polar surface area (TPSA) is 48.5 Å². The Morgan fingerprint density at radius 2 is 1.88 bits per heavy atom. The number of amides is 1. The second kappa shape index (κ2) is 7.38. The summed E-state index contributed by atoms with van der Waals surface area (Å²) in [7, 11) is 2.12. The first-order chi connectivity index (χ1) is 11.5. The number of anilines is 2.